The van der Waals surface area contributed by atoms with E-state index in [1.165, 1.54) is 32.1 Å². The first-order chi connectivity index (χ1) is 10.1. The van der Waals surface area contributed by atoms with Gasteiger partial charge < -0.3 is 0 Å². The molecule has 1 saturated heterocycles. The predicted octanol–water partition coefficient (Wildman–Crippen LogP) is 4.76. The maximum Gasteiger partial charge on any atom is 0.283 e. The Labute approximate surface area is 134 Å². The van der Waals surface area contributed by atoms with Gasteiger partial charge >= 0.3 is 0 Å². The molecule has 1 fully saturated rings. The molecular formula is C16H23BrN2O2. The second-order valence-electron chi connectivity index (χ2n) is 5.90. The molecule has 0 saturated carbocycles. The number of nitro benzene ring substituents is 1. The van der Waals surface area contributed by atoms with Crippen LogP contribution in [0, 0.1) is 16.0 Å². The Balaban J connectivity index is 1.98. The topological polar surface area (TPSA) is 46.4 Å². The molecule has 1 unspecified atom stereocenters. The molecule has 0 radical (unpaired) electrons. The van der Waals surface area contributed by atoms with Gasteiger partial charge in [0.05, 0.1) is 9.40 Å². The zero-order valence-corrected chi connectivity index (χ0v) is 14.1. The van der Waals surface area contributed by atoms with Crippen molar-refractivity contribution in [2.24, 2.45) is 5.92 Å². The molecular weight excluding hydrogens is 332 g/mol. The molecule has 1 heterocycles. The van der Waals surface area contributed by atoms with E-state index in [0.717, 1.165) is 31.1 Å². The SMILES string of the molecule is CCCC1CCCN(Cc2ccc(Br)c([N+](=O)[O-])c2)CC1. The van der Waals surface area contributed by atoms with Crippen LogP contribution in [0.5, 0.6) is 0 Å². The highest BCUT2D eigenvalue weighted by Gasteiger charge is 2.18. The number of hydrogen-bond donors (Lipinski definition) is 0. The van der Waals surface area contributed by atoms with Crippen molar-refractivity contribution in [2.45, 2.75) is 45.6 Å². The van der Waals surface area contributed by atoms with E-state index in [0.29, 0.717) is 4.47 Å². The summed E-state index contributed by atoms with van der Waals surface area (Å²) in [4.78, 5) is 13.1. The van der Waals surface area contributed by atoms with Gasteiger partial charge in [-0.15, -0.1) is 0 Å². The van der Waals surface area contributed by atoms with E-state index < -0.39 is 0 Å². The van der Waals surface area contributed by atoms with Crippen molar-refractivity contribution < 1.29 is 4.92 Å². The summed E-state index contributed by atoms with van der Waals surface area (Å²) < 4.78 is 0.551. The average Bonchev–Trinajstić information content (AvgIpc) is 2.67. The van der Waals surface area contributed by atoms with E-state index in [1.807, 2.05) is 6.07 Å². The van der Waals surface area contributed by atoms with Gasteiger partial charge in [0.1, 0.15) is 0 Å². The lowest BCUT2D eigenvalue weighted by molar-refractivity contribution is -0.385. The predicted molar refractivity (Wildman–Crippen MR) is 88.3 cm³/mol. The Morgan fingerprint density at radius 2 is 2.19 bits per heavy atom. The molecule has 116 valence electrons. The Kier molecular flexibility index (Phi) is 6.18. The van der Waals surface area contributed by atoms with Gasteiger partial charge in [0.15, 0.2) is 0 Å². The summed E-state index contributed by atoms with van der Waals surface area (Å²) >= 11 is 3.24. The van der Waals surface area contributed by atoms with E-state index in [4.69, 9.17) is 0 Å². The molecule has 1 aliphatic rings. The Morgan fingerprint density at radius 3 is 2.90 bits per heavy atom. The smallest absolute Gasteiger partial charge is 0.283 e. The molecule has 1 atom stereocenters. The largest absolute Gasteiger partial charge is 0.299 e. The van der Waals surface area contributed by atoms with Crippen LogP contribution < -0.4 is 0 Å². The lowest BCUT2D eigenvalue weighted by Crippen LogP contribution is -2.24. The highest BCUT2D eigenvalue weighted by atomic mass is 79.9. The van der Waals surface area contributed by atoms with Crippen molar-refractivity contribution in [3.63, 3.8) is 0 Å². The normalized spacial score (nSPS) is 20.2. The fourth-order valence-corrected chi connectivity index (χ4v) is 3.53. The maximum atomic E-state index is 11.0. The molecule has 2 rings (SSSR count). The van der Waals surface area contributed by atoms with Crippen LogP contribution in [0.3, 0.4) is 0 Å². The van der Waals surface area contributed by atoms with Crippen LogP contribution in [0.2, 0.25) is 0 Å². The van der Waals surface area contributed by atoms with Crippen LogP contribution in [-0.2, 0) is 6.54 Å². The third-order valence-electron chi connectivity index (χ3n) is 4.25. The quantitative estimate of drug-likeness (QED) is 0.565. The minimum Gasteiger partial charge on any atom is -0.299 e. The van der Waals surface area contributed by atoms with E-state index in [2.05, 4.69) is 27.8 Å². The van der Waals surface area contributed by atoms with Crippen LogP contribution in [0.1, 0.15) is 44.6 Å². The third-order valence-corrected chi connectivity index (χ3v) is 4.92. The van der Waals surface area contributed by atoms with E-state index in [-0.39, 0.29) is 10.6 Å². The van der Waals surface area contributed by atoms with E-state index >= 15 is 0 Å². The first-order valence-corrected chi connectivity index (χ1v) is 8.54. The molecule has 21 heavy (non-hydrogen) atoms. The number of nitrogens with zero attached hydrogens (tertiary/aromatic N) is 2. The van der Waals surface area contributed by atoms with Gasteiger partial charge in [-0.1, -0.05) is 25.8 Å². The van der Waals surface area contributed by atoms with Crippen molar-refractivity contribution >= 4 is 21.6 Å². The molecule has 0 bridgehead atoms. The summed E-state index contributed by atoms with van der Waals surface area (Å²) in [5.74, 6) is 0.860. The second-order valence-corrected chi connectivity index (χ2v) is 6.76. The molecule has 0 aromatic heterocycles. The molecule has 4 nitrogen and oxygen atoms in total. The Morgan fingerprint density at radius 1 is 1.38 bits per heavy atom. The van der Waals surface area contributed by atoms with Crippen LogP contribution in [0.25, 0.3) is 0 Å². The minimum atomic E-state index is -0.326. The Hall–Kier alpha value is -0.940. The zero-order chi connectivity index (χ0) is 15.2. The van der Waals surface area contributed by atoms with Crippen molar-refractivity contribution in [1.29, 1.82) is 0 Å². The highest BCUT2D eigenvalue weighted by Crippen LogP contribution is 2.27. The molecule has 1 aromatic carbocycles. The fraction of sp³-hybridized carbons (Fsp3) is 0.625. The van der Waals surface area contributed by atoms with Gasteiger partial charge in [-0.3, -0.25) is 15.0 Å². The summed E-state index contributed by atoms with van der Waals surface area (Å²) in [5.41, 5.74) is 1.19. The highest BCUT2D eigenvalue weighted by molar-refractivity contribution is 9.10. The molecule has 1 aromatic rings. The molecule has 1 aliphatic heterocycles. The first-order valence-electron chi connectivity index (χ1n) is 7.75. The number of likely N-dealkylation sites (tertiary alicyclic amines) is 1. The lowest BCUT2D eigenvalue weighted by atomic mass is 9.96. The van der Waals surface area contributed by atoms with Gasteiger partial charge in [0.2, 0.25) is 0 Å². The number of nitro groups is 1. The lowest BCUT2D eigenvalue weighted by Gasteiger charge is -2.20. The van der Waals surface area contributed by atoms with E-state index in [1.54, 1.807) is 12.1 Å². The fourth-order valence-electron chi connectivity index (χ4n) is 3.13. The summed E-state index contributed by atoms with van der Waals surface area (Å²) in [5, 5.41) is 11.0. The van der Waals surface area contributed by atoms with E-state index in [9.17, 15) is 10.1 Å². The maximum absolute atomic E-state index is 11.0. The van der Waals surface area contributed by atoms with Crippen molar-refractivity contribution in [1.82, 2.24) is 4.90 Å². The van der Waals surface area contributed by atoms with Crippen LogP contribution in [0.15, 0.2) is 22.7 Å². The van der Waals surface area contributed by atoms with Crippen molar-refractivity contribution in [3.8, 4) is 0 Å². The molecule has 0 amide bonds. The number of rotatable bonds is 5. The number of hydrogen-bond acceptors (Lipinski definition) is 3. The minimum absolute atomic E-state index is 0.159. The van der Waals surface area contributed by atoms with Crippen LogP contribution >= 0.6 is 15.9 Å². The summed E-state index contributed by atoms with van der Waals surface area (Å²) in [6.45, 7) is 5.27. The third kappa shape index (κ3) is 4.78. The molecule has 0 N–H and O–H groups in total. The standard InChI is InChI=1S/C16H23BrN2O2/c1-2-4-13-5-3-9-18(10-8-13)12-14-6-7-15(17)16(11-14)19(20)21/h6-7,11,13H,2-5,8-10,12H2,1H3. The van der Waals surface area contributed by atoms with Gasteiger partial charge in [0.25, 0.3) is 5.69 Å². The summed E-state index contributed by atoms with van der Waals surface area (Å²) in [6.07, 6.45) is 6.42. The second kappa shape index (κ2) is 7.90. The number of benzene rings is 1. The zero-order valence-electron chi connectivity index (χ0n) is 12.6. The summed E-state index contributed by atoms with van der Waals surface area (Å²) in [6, 6.07) is 5.45. The van der Waals surface area contributed by atoms with Gasteiger partial charge in [-0.05, 0) is 65.8 Å². The van der Waals surface area contributed by atoms with Gasteiger partial charge in [-0.2, -0.15) is 0 Å². The first kappa shape index (κ1) is 16.4. The van der Waals surface area contributed by atoms with Crippen LogP contribution in [0.4, 0.5) is 5.69 Å². The number of halogens is 1. The van der Waals surface area contributed by atoms with Crippen molar-refractivity contribution in [2.75, 3.05) is 13.1 Å². The molecule has 5 heteroatoms. The average molecular weight is 355 g/mol. The molecule has 0 spiro atoms. The molecule has 0 aliphatic carbocycles. The Bertz CT molecular complexity index is 493. The van der Waals surface area contributed by atoms with Gasteiger partial charge in [-0.25, -0.2) is 0 Å². The van der Waals surface area contributed by atoms with Crippen molar-refractivity contribution in [3.05, 3.63) is 38.3 Å². The van der Waals surface area contributed by atoms with Crippen LogP contribution in [-0.4, -0.2) is 22.9 Å². The van der Waals surface area contributed by atoms with Gasteiger partial charge in [0, 0.05) is 12.6 Å². The summed E-state index contributed by atoms with van der Waals surface area (Å²) in [7, 11) is 0. The monoisotopic (exact) mass is 354 g/mol.